The van der Waals surface area contributed by atoms with E-state index in [0.717, 1.165) is 23.0 Å². The lowest BCUT2D eigenvalue weighted by Crippen LogP contribution is -2.32. The molecule has 0 aliphatic rings. The van der Waals surface area contributed by atoms with Crippen LogP contribution in [0.3, 0.4) is 0 Å². The van der Waals surface area contributed by atoms with Crippen LogP contribution in [0.5, 0.6) is 0 Å². The van der Waals surface area contributed by atoms with Crippen molar-refractivity contribution in [3.05, 3.63) is 72.9 Å². The molecule has 0 bridgehead atoms. The Morgan fingerprint density at radius 3 is 2.08 bits per heavy atom. The van der Waals surface area contributed by atoms with Gasteiger partial charge in [-0.2, -0.15) is 0 Å². The number of ketones is 1. The highest BCUT2D eigenvalue weighted by atomic mass is 16.1. The summed E-state index contributed by atoms with van der Waals surface area (Å²) in [7, 11) is 0. The number of allylic oxidation sites excluding steroid dienone is 3. The molecular formula is C23H30O2. The molecule has 0 fully saturated rings. The first kappa shape index (κ1) is 20.8. The van der Waals surface area contributed by atoms with Crippen molar-refractivity contribution >= 4 is 12.1 Å². The number of hydrogen-bond acceptors (Lipinski definition) is 2. The quantitative estimate of drug-likeness (QED) is 0.406. The molecule has 0 amide bonds. The third-order valence-electron chi connectivity index (χ3n) is 4.98. The summed E-state index contributed by atoms with van der Waals surface area (Å²) in [5, 5.41) is 0. The summed E-state index contributed by atoms with van der Waals surface area (Å²) in [5.41, 5.74) is 1.95. The van der Waals surface area contributed by atoms with Crippen molar-refractivity contribution in [3.8, 4) is 0 Å². The highest BCUT2D eigenvalue weighted by Gasteiger charge is 2.35. The number of rotatable bonds is 11. The summed E-state index contributed by atoms with van der Waals surface area (Å²) in [5.74, 6) is 0.106. The summed E-state index contributed by atoms with van der Waals surface area (Å²) in [6.45, 7) is 17.1. The van der Waals surface area contributed by atoms with Gasteiger partial charge < -0.3 is 4.79 Å². The first-order chi connectivity index (χ1) is 11.7. The van der Waals surface area contributed by atoms with Crippen molar-refractivity contribution in [1.29, 1.82) is 0 Å². The fourth-order valence-electron chi connectivity index (χ4n) is 3.37. The summed E-state index contributed by atoms with van der Waals surface area (Å²) in [6, 6.07) is 8.13. The topological polar surface area (TPSA) is 34.1 Å². The predicted octanol–water partition coefficient (Wildman–Crippen LogP) is 5.28. The molecule has 0 aliphatic carbocycles. The Labute approximate surface area is 152 Å². The van der Waals surface area contributed by atoms with Gasteiger partial charge in [-0.1, -0.05) is 55.5 Å². The van der Waals surface area contributed by atoms with Crippen molar-refractivity contribution in [2.75, 3.05) is 0 Å². The lowest BCUT2D eigenvalue weighted by Gasteiger charge is -2.31. The van der Waals surface area contributed by atoms with Crippen LogP contribution in [0.25, 0.3) is 0 Å². The molecule has 0 saturated carbocycles. The fourth-order valence-corrected chi connectivity index (χ4v) is 3.37. The lowest BCUT2D eigenvalue weighted by atomic mass is 9.70. The Bertz CT molecular complexity index is 654. The zero-order chi connectivity index (χ0) is 19.1. The zero-order valence-corrected chi connectivity index (χ0v) is 15.8. The number of hydrogen-bond donors (Lipinski definition) is 0. The van der Waals surface area contributed by atoms with Crippen molar-refractivity contribution in [3.63, 3.8) is 0 Å². The van der Waals surface area contributed by atoms with Crippen LogP contribution < -0.4 is 0 Å². The summed E-state index contributed by atoms with van der Waals surface area (Å²) in [4.78, 5) is 23.9. The van der Waals surface area contributed by atoms with Crippen LogP contribution in [-0.4, -0.2) is 12.1 Å². The van der Waals surface area contributed by atoms with Gasteiger partial charge in [-0.25, -0.2) is 0 Å². The standard InChI is InChI=1S/C23H30O2/c1-7-12-22(6,17-24)15-20-10-9-11-21(14-20)16-23(13-8-2,18(3)4)19(5)25/h7-11,14,17H,1-3,12-13,15-16H2,4-6H3. The fraction of sp³-hybridized carbons (Fsp3) is 0.391. The van der Waals surface area contributed by atoms with Gasteiger partial charge in [0.15, 0.2) is 0 Å². The second kappa shape index (κ2) is 8.75. The number of carbonyl (C=O) groups excluding carboxylic acids is 2. The molecule has 1 aromatic carbocycles. The average Bonchev–Trinajstić information content (AvgIpc) is 2.54. The molecule has 2 atom stereocenters. The van der Waals surface area contributed by atoms with Crippen LogP contribution in [0.2, 0.25) is 0 Å². The van der Waals surface area contributed by atoms with E-state index in [1.807, 2.05) is 32.0 Å². The Balaban J connectivity index is 3.17. The van der Waals surface area contributed by atoms with Gasteiger partial charge in [0.1, 0.15) is 12.1 Å². The Morgan fingerprint density at radius 2 is 1.64 bits per heavy atom. The molecule has 0 aliphatic heterocycles. The summed E-state index contributed by atoms with van der Waals surface area (Å²) in [6.07, 6.45) is 7.03. The van der Waals surface area contributed by atoms with Gasteiger partial charge in [-0.3, -0.25) is 4.79 Å². The maximum atomic E-state index is 12.4. The minimum absolute atomic E-state index is 0.106. The van der Waals surface area contributed by atoms with Crippen LogP contribution in [-0.2, 0) is 22.4 Å². The second-order valence-corrected chi connectivity index (χ2v) is 7.35. The second-order valence-electron chi connectivity index (χ2n) is 7.35. The van der Waals surface area contributed by atoms with E-state index in [1.54, 1.807) is 19.1 Å². The third-order valence-corrected chi connectivity index (χ3v) is 4.98. The van der Waals surface area contributed by atoms with E-state index in [4.69, 9.17) is 0 Å². The van der Waals surface area contributed by atoms with E-state index in [9.17, 15) is 9.59 Å². The van der Waals surface area contributed by atoms with Crippen molar-refractivity contribution in [2.24, 2.45) is 10.8 Å². The average molecular weight is 338 g/mol. The molecule has 1 rings (SSSR count). The predicted molar refractivity (Wildman–Crippen MR) is 106 cm³/mol. The molecule has 2 unspecified atom stereocenters. The molecule has 0 saturated heterocycles. The van der Waals surface area contributed by atoms with E-state index in [-0.39, 0.29) is 5.78 Å². The number of carbonyl (C=O) groups is 2. The molecule has 0 radical (unpaired) electrons. The molecule has 0 N–H and O–H groups in total. The molecular weight excluding hydrogens is 308 g/mol. The van der Waals surface area contributed by atoms with Crippen LogP contribution in [0.4, 0.5) is 0 Å². The van der Waals surface area contributed by atoms with Gasteiger partial charge in [-0.05, 0) is 50.7 Å². The molecule has 2 nitrogen and oxygen atoms in total. The van der Waals surface area contributed by atoms with Crippen molar-refractivity contribution in [1.82, 2.24) is 0 Å². The monoisotopic (exact) mass is 338 g/mol. The van der Waals surface area contributed by atoms with Gasteiger partial charge in [0.2, 0.25) is 0 Å². The Hall–Kier alpha value is -2.22. The Kier molecular flexibility index (Phi) is 7.29. The van der Waals surface area contributed by atoms with E-state index < -0.39 is 10.8 Å². The van der Waals surface area contributed by atoms with Gasteiger partial charge in [0, 0.05) is 5.41 Å². The molecule has 0 heterocycles. The summed E-state index contributed by atoms with van der Waals surface area (Å²) < 4.78 is 0. The molecule has 134 valence electrons. The number of benzene rings is 1. The highest BCUT2D eigenvalue weighted by Crippen LogP contribution is 2.36. The Morgan fingerprint density at radius 1 is 1.08 bits per heavy atom. The van der Waals surface area contributed by atoms with E-state index in [1.165, 1.54) is 0 Å². The van der Waals surface area contributed by atoms with Gasteiger partial charge in [0.05, 0.1) is 5.41 Å². The van der Waals surface area contributed by atoms with E-state index in [0.29, 0.717) is 25.7 Å². The van der Waals surface area contributed by atoms with Gasteiger partial charge >= 0.3 is 0 Å². The normalized spacial score (nSPS) is 15.5. The summed E-state index contributed by atoms with van der Waals surface area (Å²) >= 11 is 0. The largest absolute Gasteiger partial charge is 0.303 e. The van der Waals surface area contributed by atoms with Crippen molar-refractivity contribution < 1.29 is 9.59 Å². The maximum Gasteiger partial charge on any atom is 0.140 e. The first-order valence-corrected chi connectivity index (χ1v) is 8.66. The van der Waals surface area contributed by atoms with Gasteiger partial charge in [-0.15, -0.1) is 13.2 Å². The van der Waals surface area contributed by atoms with Crippen LogP contribution in [0, 0.1) is 10.8 Å². The number of aldehydes is 1. The van der Waals surface area contributed by atoms with Crippen LogP contribution in [0.1, 0.15) is 44.7 Å². The molecule has 2 heteroatoms. The molecule has 0 aromatic heterocycles. The van der Waals surface area contributed by atoms with Crippen LogP contribution in [0.15, 0.2) is 61.7 Å². The minimum atomic E-state index is -0.616. The highest BCUT2D eigenvalue weighted by molar-refractivity contribution is 5.86. The van der Waals surface area contributed by atoms with E-state index >= 15 is 0 Å². The number of Topliss-reactive ketones (excluding diaryl/α,β-unsaturated/α-hetero) is 1. The SMILES string of the molecule is C=CCC(C)(C=O)Cc1cccc(CC(CC=C)(C(=C)C)C(C)=O)c1. The third kappa shape index (κ3) is 5.12. The first-order valence-electron chi connectivity index (χ1n) is 8.66. The molecule has 25 heavy (non-hydrogen) atoms. The van der Waals surface area contributed by atoms with E-state index in [2.05, 4.69) is 25.8 Å². The molecule has 1 aromatic rings. The smallest absolute Gasteiger partial charge is 0.140 e. The van der Waals surface area contributed by atoms with Crippen molar-refractivity contribution in [2.45, 2.75) is 46.5 Å². The van der Waals surface area contributed by atoms with Crippen LogP contribution >= 0.6 is 0 Å². The lowest BCUT2D eigenvalue weighted by molar-refractivity contribution is -0.124. The maximum absolute atomic E-state index is 12.4. The molecule has 0 spiro atoms. The van der Waals surface area contributed by atoms with Gasteiger partial charge in [0.25, 0.3) is 0 Å². The minimum Gasteiger partial charge on any atom is -0.303 e. The zero-order valence-electron chi connectivity index (χ0n) is 15.8.